The number of thiophene rings is 1. The quantitative estimate of drug-likeness (QED) is 0.629. The molecule has 1 fully saturated rings. The van der Waals surface area contributed by atoms with Crippen molar-refractivity contribution < 1.29 is 0 Å². The van der Waals surface area contributed by atoms with E-state index in [4.69, 9.17) is 0 Å². The van der Waals surface area contributed by atoms with E-state index in [-0.39, 0.29) is 5.56 Å². The second kappa shape index (κ2) is 7.81. The number of nitrogens with zero attached hydrogens (tertiary/aromatic N) is 7. The third-order valence-electron chi connectivity index (χ3n) is 5.92. The number of piperazine rings is 1. The number of rotatable bonds is 5. The van der Waals surface area contributed by atoms with E-state index >= 15 is 0 Å². The summed E-state index contributed by atoms with van der Waals surface area (Å²) in [4.78, 5) is 35.6. The summed E-state index contributed by atoms with van der Waals surface area (Å²) in [6, 6.07) is 1.84. The predicted molar refractivity (Wildman–Crippen MR) is 114 cm³/mol. The Bertz CT molecular complexity index is 1060. The van der Waals surface area contributed by atoms with Crippen molar-refractivity contribution in [1.29, 1.82) is 0 Å². The van der Waals surface area contributed by atoms with Crippen LogP contribution in [0, 0.1) is 0 Å². The van der Waals surface area contributed by atoms with Crippen molar-refractivity contribution in [1.82, 2.24) is 29.3 Å². The molecule has 3 aromatic heterocycles. The van der Waals surface area contributed by atoms with E-state index in [2.05, 4.69) is 36.6 Å². The Balaban J connectivity index is 1.25. The molecule has 2 aliphatic heterocycles. The Morgan fingerprint density at radius 3 is 2.55 bits per heavy atom. The van der Waals surface area contributed by atoms with Gasteiger partial charge in [-0.05, 0) is 18.2 Å². The molecule has 0 N–H and O–H groups in total. The van der Waals surface area contributed by atoms with Gasteiger partial charge in [0, 0.05) is 69.6 Å². The van der Waals surface area contributed by atoms with E-state index in [1.165, 1.54) is 10.4 Å². The van der Waals surface area contributed by atoms with Crippen LogP contribution in [0.25, 0.3) is 10.2 Å². The maximum atomic E-state index is 13.1. The van der Waals surface area contributed by atoms with Crippen molar-refractivity contribution in [2.75, 3.05) is 44.2 Å². The Hall–Kier alpha value is -2.36. The Morgan fingerprint density at radius 1 is 1.00 bits per heavy atom. The van der Waals surface area contributed by atoms with Gasteiger partial charge in [0.2, 0.25) is 5.95 Å². The van der Waals surface area contributed by atoms with Gasteiger partial charge in [0.1, 0.15) is 4.83 Å². The SMILES string of the molecule is CCN1Cc2sc3ncn(CCN4CCN(c5ncccn5)CC4)c(=O)c3c2C1. The maximum absolute atomic E-state index is 13.1. The minimum atomic E-state index is 0.113. The Morgan fingerprint density at radius 2 is 1.79 bits per heavy atom. The van der Waals surface area contributed by atoms with Gasteiger partial charge >= 0.3 is 0 Å². The summed E-state index contributed by atoms with van der Waals surface area (Å²) in [5, 5.41) is 0.842. The molecule has 29 heavy (non-hydrogen) atoms. The topological polar surface area (TPSA) is 70.4 Å². The van der Waals surface area contributed by atoms with Crippen molar-refractivity contribution in [2.24, 2.45) is 0 Å². The molecule has 0 aliphatic carbocycles. The molecule has 5 rings (SSSR count). The molecule has 9 heteroatoms. The molecule has 1 saturated heterocycles. The van der Waals surface area contributed by atoms with Gasteiger partial charge in [-0.2, -0.15) is 0 Å². The third-order valence-corrected chi connectivity index (χ3v) is 7.05. The standard InChI is InChI=1S/C20H25N7OS/c1-2-24-12-15-16(13-24)29-18-17(15)19(28)27(14-23-18)11-8-25-6-9-26(10-7-25)20-21-4-3-5-22-20/h3-5,14H,2,6-13H2,1H3. The molecule has 152 valence electrons. The van der Waals surface area contributed by atoms with Gasteiger partial charge in [-0.25, -0.2) is 15.0 Å². The molecule has 3 aromatic rings. The summed E-state index contributed by atoms with van der Waals surface area (Å²) >= 11 is 1.68. The first-order chi connectivity index (χ1) is 14.2. The van der Waals surface area contributed by atoms with E-state index < -0.39 is 0 Å². The lowest BCUT2D eigenvalue weighted by Crippen LogP contribution is -2.48. The van der Waals surface area contributed by atoms with Crippen LogP contribution in [0.3, 0.4) is 0 Å². The monoisotopic (exact) mass is 411 g/mol. The van der Waals surface area contributed by atoms with Crippen LogP contribution in [0.1, 0.15) is 17.4 Å². The van der Waals surface area contributed by atoms with Crippen molar-refractivity contribution >= 4 is 27.5 Å². The zero-order valence-corrected chi connectivity index (χ0v) is 17.4. The van der Waals surface area contributed by atoms with Gasteiger partial charge in [-0.15, -0.1) is 11.3 Å². The van der Waals surface area contributed by atoms with Gasteiger partial charge in [-0.3, -0.25) is 19.2 Å². The Labute approximate surface area is 173 Å². The number of fused-ring (bicyclic) bond motifs is 3. The first-order valence-corrected chi connectivity index (χ1v) is 11.0. The van der Waals surface area contributed by atoms with Crippen LogP contribution in [0.2, 0.25) is 0 Å². The molecule has 0 saturated carbocycles. The highest BCUT2D eigenvalue weighted by atomic mass is 32.1. The summed E-state index contributed by atoms with van der Waals surface area (Å²) in [6.07, 6.45) is 5.29. The molecule has 0 spiro atoms. The summed E-state index contributed by atoms with van der Waals surface area (Å²) in [6.45, 7) is 10.2. The van der Waals surface area contributed by atoms with Gasteiger partial charge < -0.3 is 4.90 Å². The second-order valence-corrected chi connectivity index (χ2v) is 8.69. The highest BCUT2D eigenvalue weighted by Gasteiger charge is 2.25. The number of anilines is 1. The van der Waals surface area contributed by atoms with Crippen LogP contribution < -0.4 is 10.5 Å². The minimum Gasteiger partial charge on any atom is -0.338 e. The summed E-state index contributed by atoms with van der Waals surface area (Å²) in [5.41, 5.74) is 1.32. The smallest absolute Gasteiger partial charge is 0.262 e. The second-order valence-electron chi connectivity index (χ2n) is 7.61. The molecule has 0 aromatic carbocycles. The lowest BCUT2D eigenvalue weighted by Gasteiger charge is -2.34. The fourth-order valence-electron chi connectivity index (χ4n) is 4.16. The van der Waals surface area contributed by atoms with Crippen LogP contribution in [-0.2, 0) is 19.6 Å². The van der Waals surface area contributed by atoms with Crippen molar-refractivity contribution in [3.63, 3.8) is 0 Å². The molecule has 0 unspecified atom stereocenters. The minimum absolute atomic E-state index is 0.113. The first kappa shape index (κ1) is 18.7. The van der Waals surface area contributed by atoms with E-state index in [1.54, 1.807) is 34.6 Å². The fourth-order valence-corrected chi connectivity index (χ4v) is 5.35. The predicted octanol–water partition coefficient (Wildman–Crippen LogP) is 1.41. The molecular weight excluding hydrogens is 386 g/mol. The largest absolute Gasteiger partial charge is 0.338 e. The van der Waals surface area contributed by atoms with Crippen molar-refractivity contribution in [2.45, 2.75) is 26.6 Å². The van der Waals surface area contributed by atoms with Crippen LogP contribution in [0.4, 0.5) is 5.95 Å². The van der Waals surface area contributed by atoms with E-state index in [9.17, 15) is 4.79 Å². The zero-order chi connectivity index (χ0) is 19.8. The average Bonchev–Trinajstić information content (AvgIpc) is 3.32. The summed E-state index contributed by atoms with van der Waals surface area (Å²) in [5.74, 6) is 0.797. The first-order valence-electron chi connectivity index (χ1n) is 10.2. The normalized spacial score (nSPS) is 17.9. The summed E-state index contributed by atoms with van der Waals surface area (Å²) < 4.78 is 1.79. The molecule has 0 atom stereocenters. The molecule has 8 nitrogen and oxygen atoms in total. The molecular formula is C20H25N7OS. The number of hydrogen-bond donors (Lipinski definition) is 0. The van der Waals surface area contributed by atoms with E-state index in [0.29, 0.717) is 6.54 Å². The van der Waals surface area contributed by atoms with Gasteiger partial charge in [0.05, 0.1) is 11.7 Å². The highest BCUT2D eigenvalue weighted by Crippen LogP contribution is 2.34. The van der Waals surface area contributed by atoms with Crippen LogP contribution in [0.15, 0.2) is 29.6 Å². The lowest BCUT2D eigenvalue weighted by molar-refractivity contribution is 0.246. The fraction of sp³-hybridized carbons (Fsp3) is 0.500. The van der Waals surface area contributed by atoms with Crippen molar-refractivity contribution in [3.05, 3.63) is 45.6 Å². The van der Waals surface area contributed by atoms with Crippen LogP contribution in [0.5, 0.6) is 0 Å². The molecule has 0 radical (unpaired) electrons. The molecule has 2 aliphatic rings. The number of aromatic nitrogens is 4. The third kappa shape index (κ3) is 3.54. The lowest BCUT2D eigenvalue weighted by atomic mass is 10.2. The van der Waals surface area contributed by atoms with Crippen LogP contribution in [-0.4, -0.2) is 68.6 Å². The number of hydrogen-bond acceptors (Lipinski definition) is 8. The maximum Gasteiger partial charge on any atom is 0.262 e. The molecule has 5 heterocycles. The zero-order valence-electron chi connectivity index (χ0n) is 16.6. The molecule has 0 bridgehead atoms. The van der Waals surface area contributed by atoms with Crippen molar-refractivity contribution in [3.8, 4) is 0 Å². The Kier molecular flexibility index (Phi) is 5.03. The summed E-state index contributed by atoms with van der Waals surface area (Å²) in [7, 11) is 0. The van der Waals surface area contributed by atoms with Crippen LogP contribution >= 0.6 is 11.3 Å². The van der Waals surface area contributed by atoms with Gasteiger partial charge in [0.15, 0.2) is 0 Å². The highest BCUT2D eigenvalue weighted by molar-refractivity contribution is 7.18. The van der Waals surface area contributed by atoms with E-state index in [0.717, 1.165) is 68.5 Å². The molecule has 0 amide bonds. The van der Waals surface area contributed by atoms with Gasteiger partial charge in [0.25, 0.3) is 5.56 Å². The average molecular weight is 412 g/mol. The van der Waals surface area contributed by atoms with Gasteiger partial charge in [-0.1, -0.05) is 6.92 Å². The van der Waals surface area contributed by atoms with E-state index in [1.807, 2.05) is 6.07 Å².